The molecule has 0 radical (unpaired) electrons. The number of carbonyl (C=O) groups is 1. The van der Waals surface area contributed by atoms with Gasteiger partial charge in [0.1, 0.15) is 12.4 Å². The van der Waals surface area contributed by atoms with Gasteiger partial charge in [-0.2, -0.15) is 0 Å². The number of hydrogen-bond acceptors (Lipinski definition) is 5. The third-order valence-corrected chi connectivity index (χ3v) is 3.41. The number of aliphatic hydroxyl groups excluding tert-OH is 1. The zero-order valence-corrected chi connectivity index (χ0v) is 14.2. The van der Waals surface area contributed by atoms with Crippen LogP contribution in [0.25, 0.3) is 0 Å². The number of nitrogens with zero attached hydrogens (tertiary/aromatic N) is 3. The van der Waals surface area contributed by atoms with Gasteiger partial charge in [-0.15, -0.1) is 10.2 Å². The number of hydrogen-bond donors (Lipinski definition) is 1. The van der Waals surface area contributed by atoms with Gasteiger partial charge in [-0.1, -0.05) is 48.5 Å². The number of esters is 1. The molecule has 0 aliphatic rings. The number of aliphatic hydroxyl groups is 1. The first-order valence-corrected chi connectivity index (χ1v) is 7.85. The van der Waals surface area contributed by atoms with Crippen LogP contribution in [0.2, 0.25) is 0 Å². The molecule has 0 aliphatic carbocycles. The molecule has 0 fully saturated rings. The van der Waals surface area contributed by atoms with Crippen LogP contribution in [0.15, 0.2) is 67.0 Å². The van der Waals surface area contributed by atoms with Crippen LogP contribution in [-0.2, 0) is 11.3 Å². The quantitative estimate of drug-likeness (QED) is 0.740. The lowest BCUT2D eigenvalue weighted by Gasteiger charge is -2.07. The van der Waals surface area contributed by atoms with E-state index >= 15 is 0 Å². The van der Waals surface area contributed by atoms with Gasteiger partial charge in [0, 0.05) is 0 Å². The summed E-state index contributed by atoms with van der Waals surface area (Å²) in [5, 5.41) is 17.1. The molecule has 1 heterocycles. The Kier molecular flexibility index (Phi) is 6.86. The number of carbonyl (C=O) groups excluding carboxylic acids is 1. The van der Waals surface area contributed by atoms with E-state index in [1.54, 1.807) is 37.5 Å². The molecule has 25 heavy (non-hydrogen) atoms. The summed E-state index contributed by atoms with van der Waals surface area (Å²) >= 11 is 0. The minimum atomic E-state index is -0.587. The van der Waals surface area contributed by atoms with Gasteiger partial charge in [-0.3, -0.25) is 0 Å². The Morgan fingerprint density at radius 2 is 1.72 bits per heavy atom. The van der Waals surface area contributed by atoms with Crippen molar-refractivity contribution < 1.29 is 14.6 Å². The average Bonchev–Trinajstić information content (AvgIpc) is 3.11. The standard InChI is InChI=1S/C11H13N3O.C8H8O2/c1-9(15)11-13-12-8-14(11)7-10-5-3-2-4-6-10;1-10-8(9)7-5-3-2-4-6-7/h2-6,8-9,15H,7H2,1H3;2-6H,1H3. The predicted molar refractivity (Wildman–Crippen MR) is 94.0 cm³/mol. The smallest absolute Gasteiger partial charge is 0.337 e. The number of ether oxygens (including phenoxy) is 1. The lowest BCUT2D eigenvalue weighted by molar-refractivity contribution is 0.0600. The third-order valence-electron chi connectivity index (χ3n) is 3.41. The maximum atomic E-state index is 10.8. The molecule has 1 unspecified atom stereocenters. The molecule has 0 saturated heterocycles. The summed E-state index contributed by atoms with van der Waals surface area (Å²) in [7, 11) is 1.37. The highest BCUT2D eigenvalue weighted by Gasteiger charge is 2.09. The molecule has 0 saturated carbocycles. The highest BCUT2D eigenvalue weighted by Crippen LogP contribution is 2.10. The second-order valence-corrected chi connectivity index (χ2v) is 5.34. The molecule has 1 aromatic heterocycles. The second-order valence-electron chi connectivity index (χ2n) is 5.34. The highest BCUT2D eigenvalue weighted by molar-refractivity contribution is 5.89. The summed E-state index contributed by atoms with van der Waals surface area (Å²) < 4.78 is 6.34. The largest absolute Gasteiger partial charge is 0.465 e. The summed E-state index contributed by atoms with van der Waals surface area (Å²) in [5.41, 5.74) is 1.75. The minimum Gasteiger partial charge on any atom is -0.465 e. The summed E-state index contributed by atoms with van der Waals surface area (Å²) in [6, 6.07) is 18.9. The molecule has 3 aromatic rings. The van der Waals surface area contributed by atoms with Gasteiger partial charge in [0.15, 0.2) is 5.82 Å². The fourth-order valence-corrected chi connectivity index (χ4v) is 2.18. The summed E-state index contributed by atoms with van der Waals surface area (Å²) in [4.78, 5) is 10.8. The van der Waals surface area contributed by atoms with E-state index in [1.165, 1.54) is 12.7 Å². The Morgan fingerprint density at radius 1 is 1.12 bits per heavy atom. The number of rotatable bonds is 4. The van der Waals surface area contributed by atoms with Crippen LogP contribution in [0.4, 0.5) is 0 Å². The average molecular weight is 339 g/mol. The Balaban J connectivity index is 0.000000196. The van der Waals surface area contributed by atoms with Crippen LogP contribution in [-0.4, -0.2) is 33.0 Å². The molecule has 0 bridgehead atoms. The van der Waals surface area contributed by atoms with Gasteiger partial charge in [-0.25, -0.2) is 4.79 Å². The van der Waals surface area contributed by atoms with Crippen LogP contribution in [0.5, 0.6) is 0 Å². The van der Waals surface area contributed by atoms with Crippen molar-refractivity contribution in [3.05, 3.63) is 83.9 Å². The third kappa shape index (κ3) is 5.54. The molecule has 130 valence electrons. The molecule has 1 atom stereocenters. The second kappa shape index (κ2) is 9.34. The zero-order chi connectivity index (χ0) is 18.1. The number of methoxy groups -OCH3 is 1. The molecule has 6 heteroatoms. The van der Waals surface area contributed by atoms with Gasteiger partial charge in [0.05, 0.1) is 19.2 Å². The maximum absolute atomic E-state index is 10.8. The van der Waals surface area contributed by atoms with Crippen molar-refractivity contribution in [2.24, 2.45) is 0 Å². The Hall–Kier alpha value is -2.99. The molecule has 6 nitrogen and oxygen atoms in total. The molecule has 0 aliphatic heterocycles. The van der Waals surface area contributed by atoms with Gasteiger partial charge >= 0.3 is 5.97 Å². The van der Waals surface area contributed by atoms with Crippen LogP contribution in [0, 0.1) is 0 Å². The van der Waals surface area contributed by atoms with E-state index in [-0.39, 0.29) is 5.97 Å². The van der Waals surface area contributed by atoms with Crippen molar-refractivity contribution in [3.63, 3.8) is 0 Å². The summed E-state index contributed by atoms with van der Waals surface area (Å²) in [5.74, 6) is 0.305. The van der Waals surface area contributed by atoms with Gasteiger partial charge in [0.2, 0.25) is 0 Å². The monoisotopic (exact) mass is 339 g/mol. The van der Waals surface area contributed by atoms with Crippen LogP contribution < -0.4 is 0 Å². The van der Waals surface area contributed by atoms with Crippen molar-refractivity contribution in [2.45, 2.75) is 19.6 Å². The van der Waals surface area contributed by atoms with E-state index in [9.17, 15) is 9.90 Å². The molecular weight excluding hydrogens is 318 g/mol. The van der Waals surface area contributed by atoms with Gasteiger partial charge in [-0.05, 0) is 24.6 Å². The first kappa shape index (κ1) is 18.4. The van der Waals surface area contributed by atoms with E-state index in [1.807, 2.05) is 41.0 Å². The molecule has 0 spiro atoms. The normalized spacial score (nSPS) is 11.2. The predicted octanol–water partition coefficient (Wildman–Crippen LogP) is 2.85. The summed E-state index contributed by atoms with van der Waals surface area (Å²) in [6.07, 6.45) is 1.05. The highest BCUT2D eigenvalue weighted by atomic mass is 16.5. The molecule has 1 N–H and O–H groups in total. The fraction of sp³-hybridized carbons (Fsp3) is 0.211. The van der Waals surface area contributed by atoms with Crippen molar-refractivity contribution in [1.29, 1.82) is 0 Å². The topological polar surface area (TPSA) is 77.2 Å². The van der Waals surface area contributed by atoms with Crippen LogP contribution in [0.3, 0.4) is 0 Å². The molecule has 3 rings (SSSR count). The first-order chi connectivity index (χ1) is 12.1. The van der Waals surface area contributed by atoms with E-state index in [2.05, 4.69) is 14.9 Å². The van der Waals surface area contributed by atoms with Gasteiger partial charge < -0.3 is 14.4 Å². The first-order valence-electron chi connectivity index (χ1n) is 7.85. The van der Waals surface area contributed by atoms with Gasteiger partial charge in [0.25, 0.3) is 0 Å². The molecule has 0 amide bonds. The van der Waals surface area contributed by atoms with Crippen LogP contribution >= 0.6 is 0 Å². The number of benzene rings is 2. The van der Waals surface area contributed by atoms with E-state index in [0.29, 0.717) is 17.9 Å². The lowest BCUT2D eigenvalue weighted by Crippen LogP contribution is -2.06. The van der Waals surface area contributed by atoms with Crippen molar-refractivity contribution >= 4 is 5.97 Å². The SMILES string of the molecule is CC(O)c1nncn1Cc1ccccc1.COC(=O)c1ccccc1. The fourth-order valence-electron chi connectivity index (χ4n) is 2.18. The Labute approximate surface area is 146 Å². The minimum absolute atomic E-state index is 0.291. The van der Waals surface area contributed by atoms with Crippen molar-refractivity contribution in [1.82, 2.24) is 14.8 Å². The Bertz CT molecular complexity index is 771. The van der Waals surface area contributed by atoms with Crippen molar-refractivity contribution in [3.8, 4) is 0 Å². The zero-order valence-electron chi connectivity index (χ0n) is 14.2. The van der Waals surface area contributed by atoms with Crippen LogP contribution in [0.1, 0.15) is 34.8 Å². The van der Waals surface area contributed by atoms with E-state index in [4.69, 9.17) is 0 Å². The van der Waals surface area contributed by atoms with E-state index in [0.717, 1.165) is 0 Å². The number of aromatic nitrogens is 3. The van der Waals surface area contributed by atoms with Crippen molar-refractivity contribution in [2.75, 3.05) is 7.11 Å². The molecule has 2 aromatic carbocycles. The molecular formula is C19H21N3O3. The summed E-state index contributed by atoms with van der Waals surface area (Å²) in [6.45, 7) is 2.37. The maximum Gasteiger partial charge on any atom is 0.337 e. The Morgan fingerprint density at radius 3 is 2.28 bits per heavy atom. The lowest BCUT2D eigenvalue weighted by atomic mass is 10.2. The van der Waals surface area contributed by atoms with E-state index < -0.39 is 6.10 Å².